The van der Waals surface area contributed by atoms with Gasteiger partial charge in [0.25, 0.3) is 0 Å². The van der Waals surface area contributed by atoms with E-state index in [1.807, 2.05) is 110 Å². The average Bonchev–Trinajstić information content (AvgIpc) is 1.73. The van der Waals surface area contributed by atoms with E-state index in [4.69, 9.17) is 30.3 Å². The molecule has 0 unspecified atom stereocenters. The summed E-state index contributed by atoms with van der Waals surface area (Å²) in [7, 11) is -0.424. The molecule has 17 rings (SSSR count). The van der Waals surface area contributed by atoms with Crippen LogP contribution >= 0.6 is 15.8 Å². The molecule has 0 saturated heterocycles. The number of alkyl halides is 3. The van der Waals surface area contributed by atoms with Crippen LogP contribution in [0.15, 0.2) is 351 Å². The van der Waals surface area contributed by atoms with Crippen molar-refractivity contribution < 1.29 is 123 Å². The van der Waals surface area contributed by atoms with Crippen molar-refractivity contribution in [3.63, 3.8) is 0 Å². The maximum Gasteiger partial charge on any atom is 2.00 e. The number of aliphatic hydroxyl groups is 3. The molecule has 10 aromatic carbocycles. The predicted molar refractivity (Wildman–Crippen MR) is 514 cm³/mol. The summed E-state index contributed by atoms with van der Waals surface area (Å²) in [5.41, 5.74) is 16.2. The largest absolute Gasteiger partial charge is 2.00 e. The minimum Gasteiger partial charge on any atom is -0.574 e. The van der Waals surface area contributed by atoms with Crippen LogP contribution in [-0.2, 0) is 101 Å². The van der Waals surface area contributed by atoms with Crippen molar-refractivity contribution in [3.05, 3.63) is 397 Å². The number of nitrogens with zero attached hydrogens (tertiary/aromatic N) is 10. The third-order valence-electron chi connectivity index (χ3n) is 17.8. The summed E-state index contributed by atoms with van der Waals surface area (Å²) in [6.07, 6.45) is 2.27. The second-order valence-electron chi connectivity index (χ2n) is 29.2. The Hall–Kier alpha value is -11.7. The summed E-state index contributed by atoms with van der Waals surface area (Å²) in [6, 6.07) is 111. The quantitative estimate of drug-likeness (QED) is 0.0473. The molecule has 0 amide bonds. The van der Waals surface area contributed by atoms with E-state index in [0.717, 1.165) is 84.8 Å². The molecule has 0 saturated carbocycles. The molecule has 25 heteroatoms. The van der Waals surface area contributed by atoms with Crippen LogP contribution in [0.3, 0.4) is 0 Å². The van der Waals surface area contributed by atoms with E-state index in [-0.39, 0.29) is 136 Å². The van der Waals surface area contributed by atoms with Gasteiger partial charge in [0.1, 0.15) is 5.69 Å². The van der Waals surface area contributed by atoms with E-state index < -0.39 is 11.9 Å². The number of hydrogen-bond acceptors (Lipinski definition) is 13. The SMILES string of the molecule is CC(=O)C=C(C)O.CC(=O)C=C(C)O.CC(=O)C=C(C)O.C[PH+](C)c1ccccc1.C[PH+](C)c1ccccc1.Cc1cc(-c2[c-]ccc3ccccc23)nc2ccccc12.Cc1cc(-c2ccccn2)[n-]n1.Cc1cc[c-]c(-c2ccc3ccc(C)cc3n2)c1.FC(F)(F)c1cc(-c2ccccn2)[n-]n1.[Ir].[Ir].[Ir].[Os+2].[c-]1ccccc1-c1nc2ccccc2n1-c1ccccc1. The Bertz CT molecular complexity index is 6290. The zero-order valence-electron chi connectivity index (χ0n) is 74.3. The zero-order valence-corrected chi connectivity index (χ0v) is 86.0. The number of pyridine rings is 4. The van der Waals surface area contributed by atoms with Crippen LogP contribution < -0.4 is 20.8 Å². The first-order valence-corrected chi connectivity index (χ1v) is 45.3. The number of hydrogen-bond donors (Lipinski definition) is 3. The van der Waals surface area contributed by atoms with E-state index in [2.05, 4.69) is 276 Å². The topological polar surface area (TPSA) is 235 Å². The third kappa shape index (κ3) is 37.4. The van der Waals surface area contributed by atoms with Gasteiger partial charge in [0.05, 0.1) is 82.4 Å². The number of fused-ring (bicyclic) bond motifs is 4. The molecule has 0 aliphatic rings. The summed E-state index contributed by atoms with van der Waals surface area (Å²) < 4.78 is 38.8. The minimum absolute atomic E-state index is 0. The van der Waals surface area contributed by atoms with Gasteiger partial charge in [-0.25, -0.2) is 0 Å². The Labute approximate surface area is 815 Å². The van der Waals surface area contributed by atoms with Gasteiger partial charge in [-0.15, -0.1) is 100 Å². The van der Waals surface area contributed by atoms with Gasteiger partial charge in [0.15, 0.2) is 17.3 Å². The average molecular weight is 2490 g/mol. The van der Waals surface area contributed by atoms with Gasteiger partial charge in [-0.1, -0.05) is 181 Å². The summed E-state index contributed by atoms with van der Waals surface area (Å²) in [4.78, 5) is 52.4. The number of aryl methyl sites for hydroxylation is 4. The summed E-state index contributed by atoms with van der Waals surface area (Å²) in [5.74, 6) is 0.732. The fourth-order valence-electron chi connectivity index (χ4n) is 12.1. The normalized spacial score (nSPS) is 10.6. The van der Waals surface area contributed by atoms with Crippen molar-refractivity contribution in [1.82, 2.24) is 49.9 Å². The summed E-state index contributed by atoms with van der Waals surface area (Å²) in [5, 5.41) is 47.3. The van der Waals surface area contributed by atoms with Crippen molar-refractivity contribution in [2.75, 3.05) is 26.7 Å². The zero-order chi connectivity index (χ0) is 91.1. The van der Waals surface area contributed by atoms with Gasteiger partial charge in [-0.2, -0.15) is 13.2 Å². The van der Waals surface area contributed by atoms with Crippen molar-refractivity contribution in [3.8, 4) is 62.4 Å². The van der Waals surface area contributed by atoms with Gasteiger partial charge < -0.3 is 40.3 Å². The van der Waals surface area contributed by atoms with E-state index in [1.165, 1.54) is 115 Å². The molecule has 3 N–H and O–H groups in total. The van der Waals surface area contributed by atoms with Gasteiger partial charge in [0.2, 0.25) is 0 Å². The molecule has 0 spiro atoms. The Morgan fingerprint density at radius 2 is 0.877 bits per heavy atom. The Morgan fingerprint density at radius 3 is 1.36 bits per heavy atom. The van der Waals surface area contributed by atoms with E-state index in [1.54, 1.807) is 24.4 Å². The molecule has 130 heavy (non-hydrogen) atoms. The first-order chi connectivity index (χ1) is 60.4. The molecule has 16 nitrogen and oxygen atoms in total. The summed E-state index contributed by atoms with van der Waals surface area (Å²) >= 11 is 0. The standard InChI is InChI=1S/C20H14N.C19H13N2.C17H14N.C9H5F3N3.C9H8N3.2C8H11P.3C5H8O2.3Ir.Os/c1-14-13-20(21-19-12-5-4-9-16(14)19)18-11-6-8-15-7-2-3-10-17(15)18;1-3-9-15(10-4-1)19-20-17-13-7-8-14-18(17)21(19)16-11-5-2-6-12-16;1-12-4-3-5-15(10-12)16-9-8-14-7-6-13(2)11-17(14)18-16;10-9(11,12)8-5-7(14-15-8)6-3-1-2-4-13-6;1-7-6-9(12-11-7)8-4-2-3-5-10-8;2*1-9(2)8-6-4-3-5-7-8;3*1-4(6)3-5(2)7;;;;/h2-10,12-13H,1H3;1-9,11-14H;3-4,6-11H,1-2H3;1-5H;2-6H,1H3;2*3-7H,1-2H3;3*3,6H,1-2H3;;;;/q5*-1;;;;;;;;;+2/p+2. The number of allylic oxidation sites excluding steroid dienone is 6. The molecule has 3 radical (unpaired) electrons. The first kappa shape index (κ1) is 111. The molecule has 0 aliphatic carbocycles. The fourth-order valence-corrected chi connectivity index (χ4v) is 13.8. The van der Waals surface area contributed by atoms with Crippen molar-refractivity contribution in [1.29, 1.82) is 0 Å². The van der Waals surface area contributed by atoms with Gasteiger partial charge in [-0.05, 0) is 181 Å². The second kappa shape index (κ2) is 57.4. The molecule has 0 aliphatic heterocycles. The monoisotopic (exact) mass is 2490 g/mol. The van der Waals surface area contributed by atoms with Crippen LogP contribution in [0.1, 0.15) is 69.6 Å². The Kier molecular flexibility index (Phi) is 48.9. The van der Waals surface area contributed by atoms with Crippen LogP contribution in [-0.4, -0.2) is 99.0 Å². The predicted octanol–water partition coefficient (Wildman–Crippen LogP) is 24.2. The first-order valence-electron chi connectivity index (χ1n) is 40.3. The Morgan fingerprint density at radius 1 is 0.408 bits per heavy atom. The van der Waals surface area contributed by atoms with Crippen LogP contribution in [0, 0.1) is 45.9 Å². The van der Waals surface area contributed by atoms with Gasteiger partial charge >= 0.3 is 26.0 Å². The van der Waals surface area contributed by atoms with E-state index >= 15 is 0 Å². The number of imidazole rings is 1. The molecule has 675 valence electrons. The number of aliphatic hydroxyl groups excluding tert-OH is 3. The molecule has 0 bridgehead atoms. The van der Waals surface area contributed by atoms with E-state index in [0.29, 0.717) is 5.69 Å². The number of benzene rings is 10. The minimum atomic E-state index is -4.46. The van der Waals surface area contributed by atoms with Crippen LogP contribution in [0.4, 0.5) is 13.2 Å². The molecular formula is C105H102F3Ir3N10O6OsP2-. The van der Waals surface area contributed by atoms with Crippen molar-refractivity contribution in [2.45, 2.75) is 75.4 Å². The smallest absolute Gasteiger partial charge is 0.574 e. The summed E-state index contributed by atoms with van der Waals surface area (Å²) in [6.45, 7) is 26.0. The number of rotatable bonds is 11. The van der Waals surface area contributed by atoms with Crippen LogP contribution in [0.25, 0.3) is 106 Å². The number of halogens is 3. The molecule has 17 aromatic rings. The van der Waals surface area contributed by atoms with Crippen LogP contribution in [0.5, 0.6) is 0 Å². The van der Waals surface area contributed by atoms with Crippen LogP contribution in [0.2, 0.25) is 0 Å². The molecule has 7 heterocycles. The number of aromatic nitrogens is 10. The fraction of sp³-hybridized carbons (Fsp3) is 0.143. The third-order valence-corrected chi connectivity index (χ3v) is 20.8. The maximum absolute atomic E-state index is 12.2. The van der Waals surface area contributed by atoms with E-state index in [9.17, 15) is 27.6 Å². The number of carbonyl (C=O) groups is 3. The molecule has 0 fully saturated rings. The molecule has 0 atom stereocenters. The number of carbonyl (C=O) groups excluding carboxylic acids is 3. The molecule has 7 aromatic heterocycles. The second-order valence-corrected chi connectivity index (χ2v) is 34.3. The maximum atomic E-state index is 12.2. The van der Waals surface area contributed by atoms with Crippen molar-refractivity contribution >= 4 is 87.4 Å². The van der Waals surface area contributed by atoms with Gasteiger partial charge in [0, 0.05) is 135 Å². The number of para-hydroxylation sites is 4. The molecular weight excluding hydrogens is 2380 g/mol. The van der Waals surface area contributed by atoms with Crippen molar-refractivity contribution in [2.24, 2.45) is 0 Å². The Balaban J connectivity index is 0.000000309. The number of ketones is 3. The van der Waals surface area contributed by atoms with Gasteiger partial charge in [-0.3, -0.25) is 39.3 Å².